The molecule has 0 saturated heterocycles. The second kappa shape index (κ2) is 22.5. The second-order valence-corrected chi connectivity index (χ2v) is 1.25. The number of rotatable bonds is 2. The van der Waals surface area contributed by atoms with Crippen LogP contribution in [-0.2, 0) is 9.59 Å². The Morgan fingerprint density at radius 3 is 1.31 bits per heavy atom. The monoisotopic (exact) mass is 187 g/mol. The molecule has 74 valence electrons. The normalized spacial score (nSPS) is 5.62. The quantitative estimate of drug-likeness (QED) is 0.174. The van der Waals surface area contributed by atoms with Crippen LogP contribution in [0.2, 0.25) is 0 Å². The third-order valence-electron chi connectivity index (χ3n) is 0.335. The van der Waals surface area contributed by atoms with E-state index in [1.807, 2.05) is 0 Å². The fraction of sp³-hybridized carbons (Fsp3) is 0. The highest BCUT2D eigenvalue weighted by Gasteiger charge is 1.73. The molecule has 0 fully saturated rings. The molecule has 0 unspecified atom stereocenters. The van der Waals surface area contributed by atoms with E-state index >= 15 is 0 Å². The molecular weight excluding hydrogens is 174 g/mol. The average molecular weight is 187 g/mol. The number of nitrogens with two attached hydrogens (primary N) is 2. The lowest BCUT2D eigenvalue weighted by Crippen LogP contribution is -2.34. The van der Waals surface area contributed by atoms with E-state index in [-0.39, 0.29) is 0 Å². The van der Waals surface area contributed by atoms with E-state index in [9.17, 15) is 4.79 Å². The van der Waals surface area contributed by atoms with Gasteiger partial charge >= 0.3 is 6.03 Å². The van der Waals surface area contributed by atoms with Crippen LogP contribution >= 0.6 is 0 Å². The summed E-state index contributed by atoms with van der Waals surface area (Å²) in [5.74, 6) is 4.45. The Morgan fingerprint density at radius 1 is 1.15 bits per heavy atom. The molecule has 2 amide bonds. The summed E-state index contributed by atoms with van der Waals surface area (Å²) in [6.45, 7) is 6.22. The number of hydrazine groups is 1. The summed E-state index contributed by atoms with van der Waals surface area (Å²) in [6.07, 6.45) is 3.67. The molecule has 0 aliphatic heterocycles. The number of nitrogens with one attached hydrogen (secondary N) is 1. The average Bonchev–Trinajstić information content (AvgIpc) is 2.18. The molecule has 6 heteroatoms. The zero-order valence-electron chi connectivity index (χ0n) is 7.10. The van der Waals surface area contributed by atoms with Crippen LogP contribution in [0.15, 0.2) is 25.3 Å². The van der Waals surface area contributed by atoms with Crippen LogP contribution in [-0.4, -0.2) is 18.6 Å². The van der Waals surface area contributed by atoms with Crippen LogP contribution in [0.1, 0.15) is 0 Å². The van der Waals surface area contributed by atoms with Crippen molar-refractivity contribution in [2.24, 2.45) is 11.6 Å². The minimum absolute atomic E-state index is 0.639. The summed E-state index contributed by atoms with van der Waals surface area (Å²) in [7, 11) is 0. The predicted octanol–water partition coefficient (Wildman–Crippen LogP) is -0.729. The fourth-order valence-corrected chi connectivity index (χ4v) is 0. The highest BCUT2D eigenvalue weighted by atomic mass is 16.2. The van der Waals surface area contributed by atoms with Crippen LogP contribution in [0.3, 0.4) is 0 Å². The minimum Gasteiger partial charge on any atom is -0.351 e. The number of carbonyl (C=O) groups is 3. The molecule has 0 aromatic heterocycles. The lowest BCUT2D eigenvalue weighted by atomic mass is 10.8. The van der Waals surface area contributed by atoms with Crippen LogP contribution in [0, 0.1) is 0 Å². The van der Waals surface area contributed by atoms with Gasteiger partial charge in [0.2, 0.25) is 0 Å². The maximum absolute atomic E-state index is 9.35. The lowest BCUT2D eigenvalue weighted by molar-refractivity contribution is -0.104. The minimum atomic E-state index is -0.718. The highest BCUT2D eigenvalue weighted by molar-refractivity contribution is 5.70. The van der Waals surface area contributed by atoms with Gasteiger partial charge in [-0.3, -0.25) is 15.0 Å². The predicted molar refractivity (Wildman–Crippen MR) is 49.4 cm³/mol. The Hall–Kier alpha value is -1.95. The molecule has 0 bridgehead atoms. The van der Waals surface area contributed by atoms with Crippen LogP contribution in [0.25, 0.3) is 0 Å². The van der Waals surface area contributed by atoms with E-state index < -0.39 is 6.03 Å². The fourth-order valence-electron chi connectivity index (χ4n) is 0. The number of allylic oxidation sites excluding steroid dienone is 2. The summed E-state index contributed by atoms with van der Waals surface area (Å²) in [4.78, 5) is 27.5. The van der Waals surface area contributed by atoms with Crippen molar-refractivity contribution >= 4 is 18.6 Å². The summed E-state index contributed by atoms with van der Waals surface area (Å²) in [5, 5.41) is 0. The number of hydrogen-bond acceptors (Lipinski definition) is 4. The molecule has 0 radical (unpaired) electrons. The zero-order chi connectivity index (χ0) is 11.1. The third kappa shape index (κ3) is 155. The summed E-state index contributed by atoms with van der Waals surface area (Å²) in [5.41, 5.74) is 6.08. The van der Waals surface area contributed by atoms with Gasteiger partial charge in [0.25, 0.3) is 0 Å². The van der Waals surface area contributed by atoms with Gasteiger partial charge in [0, 0.05) is 0 Å². The van der Waals surface area contributed by atoms with Crippen molar-refractivity contribution in [2.45, 2.75) is 0 Å². The van der Waals surface area contributed by atoms with Crippen molar-refractivity contribution in [1.82, 2.24) is 5.43 Å². The molecule has 13 heavy (non-hydrogen) atoms. The summed E-state index contributed by atoms with van der Waals surface area (Å²) >= 11 is 0. The molecule has 0 saturated carbocycles. The number of hydrogen-bond donors (Lipinski definition) is 3. The van der Waals surface area contributed by atoms with Crippen molar-refractivity contribution in [3.05, 3.63) is 25.3 Å². The molecule has 0 aromatic carbocycles. The second-order valence-electron chi connectivity index (χ2n) is 1.25. The van der Waals surface area contributed by atoms with Gasteiger partial charge in [0.15, 0.2) is 0 Å². The van der Waals surface area contributed by atoms with Gasteiger partial charge in [-0.05, 0) is 12.2 Å². The number of aldehydes is 2. The van der Waals surface area contributed by atoms with E-state index in [2.05, 4.69) is 24.7 Å². The van der Waals surface area contributed by atoms with Gasteiger partial charge in [-0.2, -0.15) is 0 Å². The summed E-state index contributed by atoms with van der Waals surface area (Å²) in [6, 6.07) is -0.718. The van der Waals surface area contributed by atoms with Crippen molar-refractivity contribution in [2.75, 3.05) is 0 Å². The molecule has 6 nitrogen and oxygen atoms in total. The Morgan fingerprint density at radius 2 is 1.31 bits per heavy atom. The van der Waals surface area contributed by atoms with E-state index in [0.717, 1.165) is 0 Å². The Labute approximate surface area is 76.2 Å². The van der Waals surface area contributed by atoms with E-state index in [4.69, 9.17) is 9.59 Å². The van der Waals surface area contributed by atoms with Crippen LogP contribution < -0.4 is 17.0 Å². The molecular formula is C7H13N3O3. The Balaban J connectivity index is -0.000000117. The van der Waals surface area contributed by atoms with Gasteiger partial charge in [0.1, 0.15) is 12.6 Å². The number of amides is 2. The lowest BCUT2D eigenvalue weighted by Gasteiger charge is -1.81. The molecule has 0 rings (SSSR count). The molecule has 0 spiro atoms. The van der Waals surface area contributed by atoms with Crippen molar-refractivity contribution in [3.63, 3.8) is 0 Å². The Bertz CT molecular complexity index is 144. The van der Waals surface area contributed by atoms with Crippen molar-refractivity contribution < 1.29 is 14.4 Å². The van der Waals surface area contributed by atoms with Crippen LogP contribution in [0.4, 0.5) is 4.79 Å². The van der Waals surface area contributed by atoms with Gasteiger partial charge in [-0.15, -0.1) is 0 Å². The SMILES string of the molecule is C=CC=O.C=CC=O.NNC(N)=O. The third-order valence-corrected chi connectivity index (χ3v) is 0.335. The van der Waals surface area contributed by atoms with Gasteiger partial charge in [0.05, 0.1) is 0 Å². The standard InChI is InChI=1S/2C3H4O.CH5N3O/c2*1-2-3-4;2-1(5)4-3/h2*2-3H,1H2;3H2,(H3,2,4,5). The molecule has 0 aromatic rings. The smallest absolute Gasteiger partial charge is 0.326 e. The molecule has 0 aliphatic rings. The van der Waals surface area contributed by atoms with Gasteiger partial charge in [-0.1, -0.05) is 13.2 Å². The first-order chi connectivity index (χ1) is 6.10. The molecule has 0 heterocycles. The van der Waals surface area contributed by atoms with Gasteiger partial charge < -0.3 is 5.73 Å². The largest absolute Gasteiger partial charge is 0.351 e. The molecule has 0 aliphatic carbocycles. The number of primary amides is 1. The van der Waals surface area contributed by atoms with E-state index in [0.29, 0.717) is 12.6 Å². The van der Waals surface area contributed by atoms with E-state index in [1.165, 1.54) is 12.2 Å². The first-order valence-corrected chi connectivity index (χ1v) is 2.99. The molecule has 0 atom stereocenters. The maximum Gasteiger partial charge on any atom is 0.326 e. The first kappa shape index (κ1) is 17.2. The van der Waals surface area contributed by atoms with Crippen LogP contribution in [0.5, 0.6) is 0 Å². The topological polar surface area (TPSA) is 115 Å². The zero-order valence-corrected chi connectivity index (χ0v) is 7.10. The van der Waals surface area contributed by atoms with Crippen molar-refractivity contribution in [3.8, 4) is 0 Å². The highest BCUT2D eigenvalue weighted by Crippen LogP contribution is 1.35. The first-order valence-electron chi connectivity index (χ1n) is 2.99. The van der Waals surface area contributed by atoms with Gasteiger partial charge in [-0.25, -0.2) is 10.6 Å². The molecule has 5 N–H and O–H groups in total. The van der Waals surface area contributed by atoms with Crippen molar-refractivity contribution in [1.29, 1.82) is 0 Å². The number of carbonyl (C=O) groups excluding carboxylic acids is 3. The van der Waals surface area contributed by atoms with E-state index in [1.54, 1.807) is 5.43 Å². The number of urea groups is 1. The maximum atomic E-state index is 9.35. The Kier molecular flexibility index (Phi) is 29.8. The summed E-state index contributed by atoms with van der Waals surface area (Å²) < 4.78 is 0.